The molecule has 0 aromatic heterocycles. The number of carboxylic acids is 1. The maximum atomic E-state index is 10.7. The van der Waals surface area contributed by atoms with Crippen molar-refractivity contribution >= 4 is 5.97 Å². The van der Waals surface area contributed by atoms with Crippen LogP contribution in [0.5, 0.6) is 0 Å². The van der Waals surface area contributed by atoms with Crippen LogP contribution < -0.4 is 0 Å². The summed E-state index contributed by atoms with van der Waals surface area (Å²) in [5.41, 5.74) is 0.0282. The third kappa shape index (κ3) is 4.97. The summed E-state index contributed by atoms with van der Waals surface area (Å²) >= 11 is 0. The van der Waals surface area contributed by atoms with Crippen LogP contribution in [-0.2, 0) is 4.79 Å². The zero-order chi connectivity index (χ0) is 12.9. The predicted octanol–water partition coefficient (Wildman–Crippen LogP) is 3.00. The summed E-state index contributed by atoms with van der Waals surface area (Å²) in [6, 6.07) is 0.458. The Morgan fingerprint density at radius 3 is 2.06 bits per heavy atom. The number of hydrogen-bond acceptors (Lipinski definition) is 2. The molecule has 0 heterocycles. The number of carbonyl (C=O) groups is 1. The van der Waals surface area contributed by atoms with Gasteiger partial charge in [-0.25, -0.2) is 0 Å². The third-order valence-corrected chi connectivity index (χ3v) is 3.02. The molecule has 0 aliphatic heterocycles. The van der Waals surface area contributed by atoms with Crippen LogP contribution in [0.25, 0.3) is 0 Å². The SMILES string of the molecule is CCC(C(C)C)N(CCC(=O)O)C(C)(C)C. The zero-order valence-corrected chi connectivity index (χ0v) is 11.6. The van der Waals surface area contributed by atoms with E-state index in [4.69, 9.17) is 5.11 Å². The van der Waals surface area contributed by atoms with E-state index in [2.05, 4.69) is 46.4 Å². The summed E-state index contributed by atoms with van der Waals surface area (Å²) < 4.78 is 0. The number of aliphatic carboxylic acids is 1. The molecule has 0 radical (unpaired) electrons. The Bertz CT molecular complexity index is 218. The van der Waals surface area contributed by atoms with Crippen molar-refractivity contribution in [2.24, 2.45) is 5.92 Å². The third-order valence-electron chi connectivity index (χ3n) is 3.02. The minimum Gasteiger partial charge on any atom is -0.481 e. The second kappa shape index (κ2) is 6.24. The Hall–Kier alpha value is -0.570. The van der Waals surface area contributed by atoms with Crippen LogP contribution in [0.1, 0.15) is 54.4 Å². The molecule has 0 aliphatic carbocycles. The summed E-state index contributed by atoms with van der Waals surface area (Å²) in [4.78, 5) is 13.0. The summed E-state index contributed by atoms with van der Waals surface area (Å²) in [6.45, 7) is 13.7. The van der Waals surface area contributed by atoms with E-state index < -0.39 is 5.97 Å². The highest BCUT2D eigenvalue weighted by Crippen LogP contribution is 2.24. The van der Waals surface area contributed by atoms with Crippen molar-refractivity contribution in [3.05, 3.63) is 0 Å². The van der Waals surface area contributed by atoms with E-state index in [-0.39, 0.29) is 12.0 Å². The molecular formula is C13H27NO2. The molecule has 0 saturated heterocycles. The second-order valence-electron chi connectivity index (χ2n) is 5.73. The fraction of sp³-hybridized carbons (Fsp3) is 0.923. The van der Waals surface area contributed by atoms with Crippen LogP contribution in [0.4, 0.5) is 0 Å². The summed E-state index contributed by atoms with van der Waals surface area (Å²) in [7, 11) is 0. The fourth-order valence-corrected chi connectivity index (χ4v) is 2.27. The average molecular weight is 229 g/mol. The van der Waals surface area contributed by atoms with Crippen LogP contribution in [0, 0.1) is 5.92 Å². The normalized spacial score (nSPS) is 14.5. The molecule has 3 nitrogen and oxygen atoms in total. The molecule has 96 valence electrons. The molecule has 0 saturated carbocycles. The average Bonchev–Trinajstić information content (AvgIpc) is 2.08. The zero-order valence-electron chi connectivity index (χ0n) is 11.6. The van der Waals surface area contributed by atoms with Gasteiger partial charge in [-0.2, -0.15) is 0 Å². The van der Waals surface area contributed by atoms with Gasteiger partial charge in [0.15, 0.2) is 0 Å². The lowest BCUT2D eigenvalue weighted by molar-refractivity contribution is -0.137. The minimum absolute atomic E-state index is 0.0282. The monoisotopic (exact) mass is 229 g/mol. The van der Waals surface area contributed by atoms with Crippen molar-refractivity contribution in [3.63, 3.8) is 0 Å². The van der Waals surface area contributed by atoms with Crippen molar-refractivity contribution < 1.29 is 9.90 Å². The van der Waals surface area contributed by atoms with E-state index >= 15 is 0 Å². The molecule has 0 spiro atoms. The van der Waals surface area contributed by atoms with Crippen molar-refractivity contribution in [2.45, 2.75) is 66.0 Å². The highest BCUT2D eigenvalue weighted by atomic mass is 16.4. The van der Waals surface area contributed by atoms with Gasteiger partial charge in [0.2, 0.25) is 0 Å². The molecule has 0 aromatic rings. The van der Waals surface area contributed by atoms with Crippen LogP contribution in [-0.4, -0.2) is 34.1 Å². The van der Waals surface area contributed by atoms with Gasteiger partial charge in [0.1, 0.15) is 0 Å². The van der Waals surface area contributed by atoms with E-state index in [1.165, 1.54) is 0 Å². The Morgan fingerprint density at radius 2 is 1.81 bits per heavy atom. The van der Waals surface area contributed by atoms with Crippen molar-refractivity contribution in [3.8, 4) is 0 Å². The molecule has 0 aromatic carbocycles. The first kappa shape index (κ1) is 15.4. The van der Waals surface area contributed by atoms with Gasteiger partial charge in [-0.1, -0.05) is 20.8 Å². The topological polar surface area (TPSA) is 40.5 Å². The molecule has 0 aliphatic rings. The van der Waals surface area contributed by atoms with E-state index in [9.17, 15) is 4.79 Å². The molecule has 1 unspecified atom stereocenters. The van der Waals surface area contributed by atoms with E-state index in [1.807, 2.05) is 0 Å². The van der Waals surface area contributed by atoms with Gasteiger partial charge in [-0.05, 0) is 33.1 Å². The van der Waals surface area contributed by atoms with E-state index in [0.29, 0.717) is 18.5 Å². The Labute approximate surface area is 99.8 Å². The Balaban J connectivity index is 4.71. The molecule has 0 amide bonds. The van der Waals surface area contributed by atoms with Gasteiger partial charge in [0.05, 0.1) is 6.42 Å². The van der Waals surface area contributed by atoms with E-state index in [1.54, 1.807) is 0 Å². The highest BCUT2D eigenvalue weighted by Gasteiger charge is 2.29. The number of hydrogen-bond donors (Lipinski definition) is 1. The number of rotatable bonds is 6. The molecule has 3 heteroatoms. The standard InChI is InChI=1S/C13H27NO2/c1-7-11(10(2)3)14(13(4,5)6)9-8-12(15)16/h10-11H,7-9H2,1-6H3,(H,15,16). The quantitative estimate of drug-likeness (QED) is 0.761. The molecule has 0 fully saturated rings. The van der Waals surface area contributed by atoms with Crippen molar-refractivity contribution in [2.75, 3.05) is 6.54 Å². The van der Waals surface area contributed by atoms with Crippen molar-refractivity contribution in [1.29, 1.82) is 0 Å². The lowest BCUT2D eigenvalue weighted by atomic mass is 9.93. The van der Waals surface area contributed by atoms with Gasteiger partial charge in [-0.15, -0.1) is 0 Å². The second-order valence-corrected chi connectivity index (χ2v) is 5.73. The van der Waals surface area contributed by atoms with Crippen LogP contribution in [0.15, 0.2) is 0 Å². The molecule has 1 atom stereocenters. The lowest BCUT2D eigenvalue weighted by Gasteiger charge is -2.43. The Kier molecular flexibility index (Phi) is 6.01. The first-order valence-corrected chi connectivity index (χ1v) is 6.18. The fourth-order valence-electron chi connectivity index (χ4n) is 2.27. The number of nitrogens with zero attached hydrogens (tertiary/aromatic N) is 1. The smallest absolute Gasteiger partial charge is 0.304 e. The maximum Gasteiger partial charge on any atom is 0.304 e. The Morgan fingerprint density at radius 1 is 1.31 bits per heavy atom. The molecular weight excluding hydrogens is 202 g/mol. The van der Waals surface area contributed by atoms with Gasteiger partial charge in [0, 0.05) is 18.1 Å². The van der Waals surface area contributed by atoms with Crippen LogP contribution in [0.2, 0.25) is 0 Å². The first-order chi connectivity index (χ1) is 7.20. The summed E-state index contributed by atoms with van der Waals surface area (Å²) in [5.74, 6) is -0.161. The molecule has 0 rings (SSSR count). The lowest BCUT2D eigenvalue weighted by Crippen LogP contribution is -2.50. The van der Waals surface area contributed by atoms with Gasteiger partial charge < -0.3 is 5.11 Å². The van der Waals surface area contributed by atoms with Gasteiger partial charge in [0.25, 0.3) is 0 Å². The minimum atomic E-state index is -0.715. The van der Waals surface area contributed by atoms with E-state index in [0.717, 1.165) is 6.42 Å². The maximum absolute atomic E-state index is 10.7. The van der Waals surface area contributed by atoms with Gasteiger partial charge >= 0.3 is 5.97 Å². The molecule has 0 bridgehead atoms. The summed E-state index contributed by atoms with van der Waals surface area (Å²) in [5, 5.41) is 8.79. The van der Waals surface area contributed by atoms with Crippen molar-refractivity contribution in [1.82, 2.24) is 4.90 Å². The molecule has 16 heavy (non-hydrogen) atoms. The predicted molar refractivity (Wildman–Crippen MR) is 67.6 cm³/mol. The van der Waals surface area contributed by atoms with Gasteiger partial charge in [-0.3, -0.25) is 9.69 Å². The van der Waals surface area contributed by atoms with Crippen LogP contribution in [0.3, 0.4) is 0 Å². The van der Waals surface area contributed by atoms with Crippen LogP contribution >= 0.6 is 0 Å². The molecule has 1 N–H and O–H groups in total. The summed E-state index contributed by atoms with van der Waals surface area (Å²) in [6.07, 6.45) is 1.29. The highest BCUT2D eigenvalue weighted by molar-refractivity contribution is 5.66. The number of carboxylic acid groups (broad SMARTS) is 1. The first-order valence-electron chi connectivity index (χ1n) is 6.18. The largest absolute Gasteiger partial charge is 0.481 e.